The number of aliphatic hydroxyl groups is 1. The molecule has 1 spiro atoms. The van der Waals surface area contributed by atoms with Gasteiger partial charge in [-0.1, -0.05) is 20.8 Å². The second-order valence-electron chi connectivity index (χ2n) is 11.8. The molecule has 3 heterocycles. The minimum absolute atomic E-state index is 0.0154. The zero-order chi connectivity index (χ0) is 23.1. The summed E-state index contributed by atoms with van der Waals surface area (Å²) in [6.07, 6.45) is -1.49. The topological polar surface area (TPSA) is 101 Å². The van der Waals surface area contributed by atoms with Gasteiger partial charge < -0.3 is 28.8 Å². The van der Waals surface area contributed by atoms with Gasteiger partial charge in [-0.25, -0.2) is 4.79 Å². The van der Waals surface area contributed by atoms with Crippen LogP contribution in [0.25, 0.3) is 0 Å². The Morgan fingerprint density at radius 1 is 1.03 bits per heavy atom. The van der Waals surface area contributed by atoms with Crippen molar-refractivity contribution in [1.29, 1.82) is 0 Å². The van der Waals surface area contributed by atoms with Crippen LogP contribution in [-0.4, -0.2) is 65.1 Å². The molecule has 6 aliphatic rings. The fraction of sp³-hybridized carbons (Fsp3) is 0.833. The summed E-state index contributed by atoms with van der Waals surface area (Å²) in [7, 11) is 0. The van der Waals surface area contributed by atoms with E-state index in [-0.39, 0.29) is 24.9 Å². The molecule has 176 valence electrons. The number of fused-ring (bicyclic) bond motifs is 8. The van der Waals surface area contributed by atoms with Crippen molar-refractivity contribution in [1.82, 2.24) is 0 Å². The van der Waals surface area contributed by atoms with Crippen molar-refractivity contribution in [3.63, 3.8) is 0 Å². The first kappa shape index (κ1) is 21.1. The molecule has 8 heteroatoms. The van der Waals surface area contributed by atoms with Crippen LogP contribution in [0.1, 0.15) is 60.8 Å². The molecule has 3 aliphatic heterocycles. The Kier molecular flexibility index (Phi) is 3.80. The maximum atomic E-state index is 13.3. The number of Topliss-reactive ketones (excluding diaryl/α,β-unsaturated/α-hetero) is 1. The lowest BCUT2D eigenvalue weighted by molar-refractivity contribution is -0.332. The quantitative estimate of drug-likeness (QED) is 0.565. The number of rotatable bonds is 0. The summed E-state index contributed by atoms with van der Waals surface area (Å²) in [6, 6.07) is 0. The van der Waals surface area contributed by atoms with E-state index >= 15 is 0 Å². The van der Waals surface area contributed by atoms with Crippen LogP contribution >= 0.6 is 0 Å². The Morgan fingerprint density at radius 3 is 2.41 bits per heavy atom. The summed E-state index contributed by atoms with van der Waals surface area (Å²) in [5, 5.41) is 11.9. The van der Waals surface area contributed by atoms with E-state index in [2.05, 4.69) is 6.92 Å². The average molecular weight is 449 g/mol. The van der Waals surface area contributed by atoms with E-state index in [0.717, 1.165) is 5.57 Å². The maximum absolute atomic E-state index is 13.3. The highest BCUT2D eigenvalue weighted by atomic mass is 16.8. The molecular formula is C24H32O8. The van der Waals surface area contributed by atoms with Gasteiger partial charge in [-0.2, -0.15) is 0 Å². The molecule has 0 radical (unpaired) electrons. The number of carbonyl (C=O) groups is 2. The number of hydrogen-bond acceptors (Lipinski definition) is 8. The Hall–Kier alpha value is -1.48. The lowest BCUT2D eigenvalue weighted by Crippen LogP contribution is -2.77. The zero-order valence-electron chi connectivity index (χ0n) is 19.5. The molecule has 0 aromatic carbocycles. The Balaban J connectivity index is 1.67. The predicted molar refractivity (Wildman–Crippen MR) is 110 cm³/mol. The van der Waals surface area contributed by atoms with Gasteiger partial charge in [0.2, 0.25) is 0 Å². The molecule has 2 bridgehead atoms. The number of carbonyl (C=O) groups excluding carboxylic acids is 2. The fourth-order valence-electron chi connectivity index (χ4n) is 7.94. The highest BCUT2D eigenvalue weighted by molar-refractivity contribution is 5.98. The molecule has 2 saturated carbocycles. The first-order valence-electron chi connectivity index (χ1n) is 11.6. The lowest BCUT2D eigenvalue weighted by atomic mass is 9.45. The summed E-state index contributed by atoms with van der Waals surface area (Å²) in [5.74, 6) is -1.50. The monoisotopic (exact) mass is 448 g/mol. The van der Waals surface area contributed by atoms with Gasteiger partial charge in [-0.15, -0.1) is 0 Å². The number of ether oxygens (including phenoxy) is 5. The van der Waals surface area contributed by atoms with Crippen LogP contribution in [0, 0.1) is 16.7 Å². The van der Waals surface area contributed by atoms with Gasteiger partial charge in [-0.3, -0.25) is 4.79 Å². The molecule has 0 amide bonds. The molecule has 32 heavy (non-hydrogen) atoms. The third kappa shape index (κ3) is 2.18. The third-order valence-corrected chi connectivity index (χ3v) is 9.53. The minimum atomic E-state index is -1.24. The lowest BCUT2D eigenvalue weighted by Gasteiger charge is -2.65. The van der Waals surface area contributed by atoms with E-state index in [4.69, 9.17) is 23.7 Å². The van der Waals surface area contributed by atoms with E-state index in [1.807, 2.05) is 34.6 Å². The van der Waals surface area contributed by atoms with Crippen LogP contribution in [0.3, 0.4) is 0 Å². The molecule has 0 aromatic heterocycles. The van der Waals surface area contributed by atoms with Crippen LogP contribution in [-0.2, 0) is 28.5 Å². The molecule has 0 unspecified atom stereocenters. The SMILES string of the molecule is CC1=C2[C@H]3OC(C)(C)O[C@@H]3[C@]3(C)CC[C@H]4OC[C@@]4(O)[C@H]3[C@@H]3OC(=O)O[C@@]3(CC1=O)C2(C)C. The first-order chi connectivity index (χ1) is 14.8. The summed E-state index contributed by atoms with van der Waals surface area (Å²) in [5.41, 5.74) is -2.36. The standard InChI is InChI=1S/C24H32O8/c1-11-12(25)9-24-18(29-19(26)32-24)16-22(6,8-7-13-23(16,27)10-28-13)17-15(14(11)20(24,2)3)30-21(4,5)31-17/h13,15-18,27H,7-10H2,1-6H3/t13-,15-,16+,17+,18+,22-,23+,24-/m1/s1. The van der Waals surface area contributed by atoms with Crippen molar-refractivity contribution in [2.24, 2.45) is 16.7 Å². The summed E-state index contributed by atoms with van der Waals surface area (Å²) in [4.78, 5) is 26.0. The van der Waals surface area contributed by atoms with Gasteiger partial charge in [0.1, 0.15) is 11.7 Å². The van der Waals surface area contributed by atoms with Crippen molar-refractivity contribution >= 4 is 11.9 Å². The van der Waals surface area contributed by atoms with E-state index in [0.29, 0.717) is 18.4 Å². The van der Waals surface area contributed by atoms with Gasteiger partial charge in [0.05, 0.1) is 25.2 Å². The molecule has 8 atom stereocenters. The van der Waals surface area contributed by atoms with Crippen molar-refractivity contribution < 1.29 is 38.4 Å². The second-order valence-corrected chi connectivity index (χ2v) is 11.8. The van der Waals surface area contributed by atoms with Gasteiger partial charge in [0.25, 0.3) is 0 Å². The van der Waals surface area contributed by atoms with Crippen molar-refractivity contribution in [3.8, 4) is 0 Å². The molecular weight excluding hydrogens is 416 g/mol. The summed E-state index contributed by atoms with van der Waals surface area (Å²) >= 11 is 0. The van der Waals surface area contributed by atoms with E-state index in [9.17, 15) is 14.7 Å². The Labute approximate surface area is 187 Å². The summed E-state index contributed by atoms with van der Waals surface area (Å²) in [6.45, 7) is 11.8. The average Bonchev–Trinajstić information content (AvgIpc) is 3.15. The normalized spacial score (nSPS) is 52.4. The van der Waals surface area contributed by atoms with Crippen LogP contribution in [0.2, 0.25) is 0 Å². The number of hydrogen-bond donors (Lipinski definition) is 1. The largest absolute Gasteiger partial charge is 0.509 e. The first-order valence-corrected chi connectivity index (χ1v) is 11.6. The van der Waals surface area contributed by atoms with Crippen LogP contribution in [0.4, 0.5) is 4.79 Å². The molecule has 8 nitrogen and oxygen atoms in total. The van der Waals surface area contributed by atoms with Crippen molar-refractivity contribution in [3.05, 3.63) is 11.1 Å². The van der Waals surface area contributed by atoms with Crippen LogP contribution in [0.5, 0.6) is 0 Å². The molecule has 1 N–H and O–H groups in total. The van der Waals surface area contributed by atoms with Crippen molar-refractivity contribution in [2.45, 2.75) is 102 Å². The van der Waals surface area contributed by atoms with E-state index in [1.54, 1.807) is 0 Å². The molecule has 5 fully saturated rings. The highest BCUT2D eigenvalue weighted by Gasteiger charge is 2.78. The highest BCUT2D eigenvalue weighted by Crippen LogP contribution is 2.67. The molecule has 6 rings (SSSR count). The van der Waals surface area contributed by atoms with Crippen molar-refractivity contribution in [2.75, 3.05) is 6.61 Å². The molecule has 3 aliphatic carbocycles. The van der Waals surface area contributed by atoms with Crippen LogP contribution in [0.15, 0.2) is 11.1 Å². The van der Waals surface area contributed by atoms with Gasteiger partial charge in [0, 0.05) is 16.7 Å². The number of allylic oxidation sites excluding steroid dienone is 1. The minimum Gasteiger partial charge on any atom is -0.426 e. The van der Waals surface area contributed by atoms with Gasteiger partial charge >= 0.3 is 6.16 Å². The summed E-state index contributed by atoms with van der Waals surface area (Å²) < 4.78 is 30.7. The smallest absolute Gasteiger partial charge is 0.426 e. The van der Waals surface area contributed by atoms with E-state index < -0.39 is 58.2 Å². The second kappa shape index (κ2) is 5.77. The molecule has 3 saturated heterocycles. The van der Waals surface area contributed by atoms with Crippen LogP contribution < -0.4 is 0 Å². The number of ketones is 1. The Morgan fingerprint density at radius 2 is 1.75 bits per heavy atom. The predicted octanol–water partition coefficient (Wildman–Crippen LogP) is 2.66. The fourth-order valence-corrected chi connectivity index (χ4v) is 7.94. The maximum Gasteiger partial charge on any atom is 0.509 e. The van der Waals surface area contributed by atoms with Gasteiger partial charge in [0.15, 0.2) is 23.3 Å². The van der Waals surface area contributed by atoms with Gasteiger partial charge in [-0.05, 0) is 44.8 Å². The molecule has 0 aromatic rings. The third-order valence-electron chi connectivity index (χ3n) is 9.53. The zero-order valence-corrected chi connectivity index (χ0v) is 19.5. The Bertz CT molecular complexity index is 967. The van der Waals surface area contributed by atoms with E-state index in [1.165, 1.54) is 0 Å².